The lowest BCUT2D eigenvalue weighted by Gasteiger charge is -2.05. The topological polar surface area (TPSA) is 172 Å². The molecule has 0 spiro atoms. The van der Waals surface area contributed by atoms with Gasteiger partial charge >= 0.3 is 0 Å². The smallest absolute Gasteiger partial charge is 0.297 e. The number of aromatic nitrogens is 2. The maximum Gasteiger partial charge on any atom is 0.297 e. The number of carbonyl (C=O) groups excluding carboxylic acids is 1. The summed E-state index contributed by atoms with van der Waals surface area (Å²) in [4.78, 5) is 22.2. The molecule has 0 fully saturated rings. The van der Waals surface area contributed by atoms with E-state index in [-0.39, 0.29) is 23.0 Å². The normalized spacial score (nSPS) is 10.9. The molecule has 0 radical (unpaired) electrons. The Morgan fingerprint density at radius 1 is 1.37 bits per heavy atom. The zero-order valence-corrected chi connectivity index (χ0v) is 13.8. The number of nitro groups is 1. The number of ether oxygens (including phenoxy) is 1. The van der Waals surface area contributed by atoms with Gasteiger partial charge in [-0.1, -0.05) is 0 Å². The first kappa shape index (κ1) is 17.6. The van der Waals surface area contributed by atoms with Crippen molar-refractivity contribution < 1.29 is 23.5 Å². The second-order valence-corrected chi connectivity index (χ2v) is 5.04. The molecule has 12 heteroatoms. The van der Waals surface area contributed by atoms with Crippen molar-refractivity contribution in [1.82, 2.24) is 15.7 Å². The van der Waals surface area contributed by atoms with Gasteiger partial charge in [-0.05, 0) is 28.5 Å². The molecule has 0 bridgehead atoms. The van der Waals surface area contributed by atoms with Crippen molar-refractivity contribution in [3.05, 3.63) is 51.9 Å². The number of hydrazone groups is 1. The molecule has 3 N–H and O–H groups in total. The van der Waals surface area contributed by atoms with Gasteiger partial charge in [0.15, 0.2) is 0 Å². The van der Waals surface area contributed by atoms with Crippen molar-refractivity contribution in [3.8, 4) is 17.1 Å². The number of furan rings is 1. The fourth-order valence-electron chi connectivity index (χ4n) is 2.13. The summed E-state index contributed by atoms with van der Waals surface area (Å²) < 4.78 is 15.1. The van der Waals surface area contributed by atoms with E-state index in [1.807, 2.05) is 0 Å². The molecule has 0 unspecified atom stereocenters. The Bertz CT molecular complexity index is 1020. The van der Waals surface area contributed by atoms with Gasteiger partial charge in [0, 0.05) is 12.1 Å². The van der Waals surface area contributed by atoms with E-state index in [0.29, 0.717) is 17.1 Å². The van der Waals surface area contributed by atoms with Gasteiger partial charge in [-0.2, -0.15) is 5.10 Å². The molecule has 0 aliphatic rings. The molecule has 0 atom stereocenters. The first-order chi connectivity index (χ1) is 13.0. The predicted octanol–water partition coefficient (Wildman–Crippen LogP) is 1.59. The third kappa shape index (κ3) is 3.73. The molecule has 3 aromatic rings. The van der Waals surface area contributed by atoms with Gasteiger partial charge in [0.25, 0.3) is 11.6 Å². The number of hydrogen-bond acceptors (Lipinski definition) is 10. The molecule has 1 aromatic carbocycles. The number of benzene rings is 1. The van der Waals surface area contributed by atoms with Crippen molar-refractivity contribution in [2.45, 2.75) is 0 Å². The number of hydrogen-bond donors (Lipinski definition) is 2. The Balaban J connectivity index is 1.77. The van der Waals surface area contributed by atoms with Gasteiger partial charge in [-0.3, -0.25) is 14.9 Å². The molecule has 0 saturated carbocycles. The summed E-state index contributed by atoms with van der Waals surface area (Å²) >= 11 is 0. The summed E-state index contributed by atoms with van der Waals surface area (Å²) in [7, 11) is 1.44. The summed E-state index contributed by atoms with van der Waals surface area (Å²) in [6.45, 7) is 0. The van der Waals surface area contributed by atoms with Gasteiger partial charge < -0.3 is 14.9 Å². The Morgan fingerprint density at radius 3 is 2.85 bits per heavy atom. The van der Waals surface area contributed by atoms with Gasteiger partial charge in [-0.25, -0.2) is 10.1 Å². The highest BCUT2D eigenvalue weighted by Gasteiger charge is 2.16. The number of nitrogens with zero attached hydrogens (tertiary/aromatic N) is 4. The van der Waals surface area contributed by atoms with Gasteiger partial charge in [-0.15, -0.1) is 0 Å². The highest BCUT2D eigenvalue weighted by Crippen LogP contribution is 2.34. The fourth-order valence-corrected chi connectivity index (χ4v) is 2.13. The number of methoxy groups -OCH3 is 1. The van der Waals surface area contributed by atoms with Crippen LogP contribution in [-0.4, -0.2) is 34.5 Å². The molecule has 138 valence electrons. The first-order valence-corrected chi connectivity index (χ1v) is 7.33. The van der Waals surface area contributed by atoms with Gasteiger partial charge in [0.2, 0.25) is 11.5 Å². The molecule has 0 aliphatic carbocycles. The lowest BCUT2D eigenvalue weighted by molar-refractivity contribution is -0.384. The summed E-state index contributed by atoms with van der Waals surface area (Å²) in [6.07, 6.45) is 1.23. The SMILES string of the molecule is COc1ccc([N+](=O)[O-])cc1-c1ccc(C=NNC(=O)c2nonc2N)o1. The highest BCUT2D eigenvalue weighted by atomic mass is 16.6. The number of nitrogens with two attached hydrogens (primary N) is 1. The lowest BCUT2D eigenvalue weighted by Crippen LogP contribution is -2.19. The maximum absolute atomic E-state index is 11.8. The van der Waals surface area contributed by atoms with Crippen molar-refractivity contribution in [2.24, 2.45) is 5.10 Å². The number of nitrogens with one attached hydrogen (secondary N) is 1. The zero-order chi connectivity index (χ0) is 19.4. The van der Waals surface area contributed by atoms with Crippen LogP contribution in [0.4, 0.5) is 11.5 Å². The zero-order valence-electron chi connectivity index (χ0n) is 13.8. The van der Waals surface area contributed by atoms with E-state index < -0.39 is 10.8 Å². The molecule has 0 saturated heterocycles. The quantitative estimate of drug-likeness (QED) is 0.370. The van der Waals surface area contributed by atoms with Crippen LogP contribution in [0.25, 0.3) is 11.3 Å². The van der Waals surface area contributed by atoms with Crippen LogP contribution < -0.4 is 15.9 Å². The molecule has 0 aliphatic heterocycles. The van der Waals surface area contributed by atoms with Crippen LogP contribution >= 0.6 is 0 Å². The number of nitrogen functional groups attached to an aromatic ring is 1. The minimum absolute atomic E-state index is 0.108. The van der Waals surface area contributed by atoms with Crippen LogP contribution in [0, 0.1) is 10.1 Å². The maximum atomic E-state index is 11.8. The van der Waals surface area contributed by atoms with E-state index >= 15 is 0 Å². The number of carbonyl (C=O) groups is 1. The number of rotatable bonds is 6. The van der Waals surface area contributed by atoms with Gasteiger partial charge in [0.1, 0.15) is 17.3 Å². The average molecular weight is 372 g/mol. The number of anilines is 1. The summed E-state index contributed by atoms with van der Waals surface area (Å²) in [5.41, 5.74) is 7.67. The molecule has 1 amide bonds. The minimum atomic E-state index is -0.711. The standard InChI is InChI=1S/C15H12N6O6/c1-25-11-4-2-8(21(23)24)6-10(11)12-5-3-9(26-12)7-17-18-15(22)13-14(16)20-27-19-13/h2-7H,1H3,(H2,16,20)(H,18,22). The molecule has 2 heterocycles. The Labute approximate surface area is 150 Å². The van der Waals surface area contributed by atoms with Crippen LogP contribution in [0.2, 0.25) is 0 Å². The largest absolute Gasteiger partial charge is 0.496 e. The molecular formula is C15H12N6O6. The Kier molecular flexibility index (Phi) is 4.79. The van der Waals surface area contributed by atoms with E-state index in [1.165, 1.54) is 31.5 Å². The summed E-state index contributed by atoms with van der Waals surface area (Å²) in [5, 5.41) is 21.3. The first-order valence-electron chi connectivity index (χ1n) is 7.33. The monoisotopic (exact) mass is 372 g/mol. The van der Waals surface area contributed by atoms with Crippen molar-refractivity contribution >= 4 is 23.6 Å². The Morgan fingerprint density at radius 2 is 2.19 bits per heavy atom. The second-order valence-electron chi connectivity index (χ2n) is 5.04. The van der Waals surface area contributed by atoms with Crippen LogP contribution in [0.15, 0.2) is 44.5 Å². The summed E-state index contributed by atoms with van der Waals surface area (Å²) in [6, 6.07) is 7.29. The summed E-state index contributed by atoms with van der Waals surface area (Å²) in [5.74, 6) is 0.136. The highest BCUT2D eigenvalue weighted by molar-refractivity contribution is 5.96. The van der Waals surface area contributed by atoms with Crippen LogP contribution in [0.3, 0.4) is 0 Å². The molecule has 3 rings (SSSR count). The third-order valence-corrected chi connectivity index (χ3v) is 3.37. The van der Waals surface area contributed by atoms with E-state index in [1.54, 1.807) is 12.1 Å². The van der Waals surface area contributed by atoms with Crippen LogP contribution in [0.1, 0.15) is 16.2 Å². The minimum Gasteiger partial charge on any atom is -0.496 e. The number of non-ortho nitro benzene ring substituents is 1. The van der Waals surface area contributed by atoms with E-state index in [9.17, 15) is 14.9 Å². The molecule has 2 aromatic heterocycles. The number of amides is 1. The van der Waals surface area contributed by atoms with Crippen molar-refractivity contribution in [3.63, 3.8) is 0 Å². The third-order valence-electron chi connectivity index (χ3n) is 3.37. The van der Waals surface area contributed by atoms with Crippen LogP contribution in [-0.2, 0) is 0 Å². The average Bonchev–Trinajstić information content (AvgIpc) is 3.30. The fraction of sp³-hybridized carbons (Fsp3) is 0.0667. The predicted molar refractivity (Wildman–Crippen MR) is 91.1 cm³/mol. The second kappa shape index (κ2) is 7.35. The van der Waals surface area contributed by atoms with Crippen LogP contribution in [0.5, 0.6) is 5.75 Å². The molecule has 12 nitrogen and oxygen atoms in total. The van der Waals surface area contributed by atoms with Crippen molar-refractivity contribution in [2.75, 3.05) is 12.8 Å². The number of nitro benzene ring substituents is 1. The van der Waals surface area contributed by atoms with Gasteiger partial charge in [0.05, 0.1) is 23.8 Å². The van der Waals surface area contributed by atoms with E-state index in [0.717, 1.165) is 0 Å². The van der Waals surface area contributed by atoms with E-state index in [2.05, 4.69) is 25.5 Å². The molecular weight excluding hydrogens is 360 g/mol. The van der Waals surface area contributed by atoms with E-state index in [4.69, 9.17) is 14.9 Å². The van der Waals surface area contributed by atoms with Crippen molar-refractivity contribution in [1.29, 1.82) is 0 Å². The Hall–Kier alpha value is -4.22. The lowest BCUT2D eigenvalue weighted by atomic mass is 10.1. The molecule has 27 heavy (non-hydrogen) atoms.